The number of H-pyrrole nitrogens is 1. The van der Waals surface area contributed by atoms with Crippen LogP contribution in [0, 0.1) is 6.92 Å². The fourth-order valence-electron chi connectivity index (χ4n) is 3.36. The predicted molar refractivity (Wildman–Crippen MR) is 123 cm³/mol. The van der Waals surface area contributed by atoms with E-state index in [0.717, 1.165) is 5.69 Å². The van der Waals surface area contributed by atoms with E-state index in [0.29, 0.717) is 42.1 Å². The molecule has 0 unspecified atom stereocenters. The van der Waals surface area contributed by atoms with Gasteiger partial charge < -0.3 is 14.9 Å². The van der Waals surface area contributed by atoms with Crippen LogP contribution in [0.25, 0.3) is 11.2 Å². The first-order chi connectivity index (χ1) is 15.4. The van der Waals surface area contributed by atoms with Crippen LogP contribution in [-0.2, 0) is 22.3 Å². The van der Waals surface area contributed by atoms with Gasteiger partial charge in [0.25, 0.3) is 5.56 Å². The Hall–Kier alpha value is -3.73. The topological polar surface area (TPSA) is 135 Å². The second-order valence-electron chi connectivity index (χ2n) is 7.29. The highest BCUT2D eigenvalue weighted by atomic mass is 32.2. The largest absolute Gasteiger partial charge is 0.368 e. The Morgan fingerprint density at radius 3 is 2.69 bits per heavy atom. The molecular weight excluding hydrogens is 430 g/mol. The van der Waals surface area contributed by atoms with Crippen LogP contribution >= 0.6 is 0 Å². The molecule has 3 N–H and O–H groups in total. The molecule has 0 saturated carbocycles. The van der Waals surface area contributed by atoms with Gasteiger partial charge in [-0.25, -0.2) is 23.4 Å². The standard InChI is InChI=1S/C21H23N7O3S/c1-15-8-9-17(27-32(30,31)12-16-6-3-2-4-7-16)21(29)28(15)11-5-10-22-19-18-20(24-13-23-18)26-14-25-19/h2-4,6-9,13-14,27H,5,10-12H2,1H3,(H2,22,23,24,25,26). The monoisotopic (exact) mass is 453 g/mol. The highest BCUT2D eigenvalue weighted by molar-refractivity contribution is 7.91. The summed E-state index contributed by atoms with van der Waals surface area (Å²) in [5, 5.41) is 3.20. The van der Waals surface area contributed by atoms with Gasteiger partial charge in [0.15, 0.2) is 11.5 Å². The molecule has 0 aliphatic heterocycles. The van der Waals surface area contributed by atoms with Crippen LogP contribution in [0.4, 0.5) is 11.5 Å². The van der Waals surface area contributed by atoms with E-state index in [2.05, 4.69) is 30.0 Å². The molecule has 3 aromatic heterocycles. The van der Waals surface area contributed by atoms with Crippen LogP contribution in [0.5, 0.6) is 0 Å². The molecule has 0 saturated heterocycles. The number of aromatic nitrogens is 5. The van der Waals surface area contributed by atoms with E-state index in [-0.39, 0.29) is 17.0 Å². The van der Waals surface area contributed by atoms with Gasteiger partial charge in [-0.2, -0.15) is 0 Å². The summed E-state index contributed by atoms with van der Waals surface area (Å²) in [6.45, 7) is 2.78. The Kier molecular flexibility index (Phi) is 6.17. The maximum absolute atomic E-state index is 12.9. The van der Waals surface area contributed by atoms with E-state index >= 15 is 0 Å². The maximum atomic E-state index is 12.9. The molecule has 4 aromatic rings. The summed E-state index contributed by atoms with van der Waals surface area (Å²) in [4.78, 5) is 28.3. The fraction of sp³-hybridized carbons (Fsp3) is 0.238. The van der Waals surface area contributed by atoms with Crippen LogP contribution in [0.3, 0.4) is 0 Å². The first-order valence-electron chi connectivity index (χ1n) is 10.1. The van der Waals surface area contributed by atoms with E-state index in [1.54, 1.807) is 41.2 Å². The number of nitrogens with zero attached hydrogens (tertiary/aromatic N) is 4. The van der Waals surface area contributed by atoms with Gasteiger partial charge in [-0.1, -0.05) is 30.3 Å². The molecule has 0 aliphatic rings. The molecule has 0 spiro atoms. The number of hydrogen-bond donors (Lipinski definition) is 3. The lowest BCUT2D eigenvalue weighted by Gasteiger charge is -2.14. The van der Waals surface area contributed by atoms with Gasteiger partial charge in [-0.05, 0) is 31.0 Å². The lowest BCUT2D eigenvalue weighted by molar-refractivity contribution is 0.599. The van der Waals surface area contributed by atoms with Gasteiger partial charge in [-0.3, -0.25) is 9.52 Å². The van der Waals surface area contributed by atoms with Crippen molar-refractivity contribution in [2.45, 2.75) is 25.6 Å². The van der Waals surface area contributed by atoms with Gasteiger partial charge >= 0.3 is 0 Å². The minimum atomic E-state index is -3.72. The minimum Gasteiger partial charge on any atom is -0.368 e. The Morgan fingerprint density at radius 1 is 1.06 bits per heavy atom. The van der Waals surface area contributed by atoms with Crippen LogP contribution in [0.1, 0.15) is 17.7 Å². The zero-order chi connectivity index (χ0) is 22.6. The predicted octanol–water partition coefficient (Wildman–Crippen LogP) is 2.27. The molecule has 11 heteroatoms. The van der Waals surface area contributed by atoms with Crippen molar-refractivity contribution in [3.63, 3.8) is 0 Å². The third-order valence-corrected chi connectivity index (χ3v) is 6.17. The van der Waals surface area contributed by atoms with Gasteiger partial charge in [0.2, 0.25) is 10.0 Å². The normalized spacial score (nSPS) is 11.5. The van der Waals surface area contributed by atoms with Crippen molar-refractivity contribution in [2.24, 2.45) is 0 Å². The van der Waals surface area contributed by atoms with E-state index in [1.165, 1.54) is 12.4 Å². The number of benzene rings is 1. The third kappa shape index (κ3) is 4.94. The summed E-state index contributed by atoms with van der Waals surface area (Å²) in [6, 6.07) is 12.1. The molecule has 0 atom stereocenters. The number of pyridine rings is 1. The van der Waals surface area contributed by atoms with Gasteiger partial charge in [0.05, 0.1) is 12.1 Å². The van der Waals surface area contributed by atoms with Crippen molar-refractivity contribution in [1.29, 1.82) is 0 Å². The highest BCUT2D eigenvalue weighted by Gasteiger charge is 2.15. The average Bonchev–Trinajstić information content (AvgIpc) is 3.25. The van der Waals surface area contributed by atoms with Gasteiger partial charge in [0.1, 0.15) is 17.5 Å². The number of aromatic amines is 1. The number of anilines is 2. The number of rotatable bonds is 9. The van der Waals surface area contributed by atoms with Gasteiger partial charge in [0, 0.05) is 18.8 Å². The van der Waals surface area contributed by atoms with Crippen molar-refractivity contribution in [1.82, 2.24) is 24.5 Å². The summed E-state index contributed by atoms with van der Waals surface area (Å²) in [7, 11) is -3.72. The van der Waals surface area contributed by atoms with Crippen molar-refractivity contribution >= 4 is 32.7 Å². The van der Waals surface area contributed by atoms with Crippen LogP contribution in [0.15, 0.2) is 59.9 Å². The Labute approximate surface area is 184 Å². The average molecular weight is 454 g/mol. The van der Waals surface area contributed by atoms with Crippen molar-refractivity contribution in [3.8, 4) is 0 Å². The first-order valence-corrected chi connectivity index (χ1v) is 11.7. The zero-order valence-corrected chi connectivity index (χ0v) is 18.3. The molecule has 32 heavy (non-hydrogen) atoms. The summed E-state index contributed by atoms with van der Waals surface area (Å²) in [6.07, 6.45) is 3.62. The maximum Gasteiger partial charge on any atom is 0.275 e. The van der Waals surface area contributed by atoms with Crippen LogP contribution in [0.2, 0.25) is 0 Å². The van der Waals surface area contributed by atoms with Crippen molar-refractivity contribution in [3.05, 3.63) is 76.7 Å². The lowest BCUT2D eigenvalue weighted by atomic mass is 10.2. The molecule has 0 radical (unpaired) electrons. The van der Waals surface area contributed by atoms with Crippen LogP contribution < -0.4 is 15.6 Å². The number of sulfonamides is 1. The van der Waals surface area contributed by atoms with E-state index in [9.17, 15) is 13.2 Å². The molecule has 1 aromatic carbocycles. The van der Waals surface area contributed by atoms with E-state index in [4.69, 9.17) is 0 Å². The molecule has 0 fully saturated rings. The summed E-state index contributed by atoms with van der Waals surface area (Å²) >= 11 is 0. The molecule has 4 rings (SSSR count). The number of fused-ring (bicyclic) bond motifs is 1. The summed E-state index contributed by atoms with van der Waals surface area (Å²) in [5.74, 6) is 0.411. The lowest BCUT2D eigenvalue weighted by Crippen LogP contribution is -2.28. The molecule has 0 bridgehead atoms. The zero-order valence-electron chi connectivity index (χ0n) is 17.4. The third-order valence-electron chi connectivity index (χ3n) is 4.93. The molecule has 0 aliphatic carbocycles. The second kappa shape index (κ2) is 9.18. The summed E-state index contributed by atoms with van der Waals surface area (Å²) < 4.78 is 29.1. The van der Waals surface area contributed by atoms with E-state index < -0.39 is 10.0 Å². The van der Waals surface area contributed by atoms with Crippen molar-refractivity contribution in [2.75, 3.05) is 16.6 Å². The fourth-order valence-corrected chi connectivity index (χ4v) is 4.56. The number of nitrogens with one attached hydrogen (secondary N) is 3. The smallest absolute Gasteiger partial charge is 0.275 e. The van der Waals surface area contributed by atoms with E-state index in [1.807, 2.05) is 13.0 Å². The highest BCUT2D eigenvalue weighted by Crippen LogP contribution is 2.14. The summed E-state index contributed by atoms with van der Waals surface area (Å²) in [5.41, 5.74) is 2.35. The van der Waals surface area contributed by atoms with Gasteiger partial charge in [-0.15, -0.1) is 0 Å². The quantitative estimate of drug-likeness (QED) is 0.331. The Morgan fingerprint density at radius 2 is 1.88 bits per heavy atom. The Balaban J connectivity index is 1.41. The number of aryl methyl sites for hydroxylation is 1. The molecule has 3 heterocycles. The number of imidazole rings is 1. The Bertz CT molecular complexity index is 1380. The molecule has 10 nitrogen and oxygen atoms in total. The second-order valence-corrected chi connectivity index (χ2v) is 9.02. The minimum absolute atomic E-state index is 0.0357. The van der Waals surface area contributed by atoms with Crippen LogP contribution in [-0.4, -0.2) is 39.5 Å². The van der Waals surface area contributed by atoms with Crippen molar-refractivity contribution < 1.29 is 8.42 Å². The molecular formula is C21H23N7O3S. The first kappa shape index (κ1) is 21.5. The molecule has 166 valence electrons. The number of hydrogen-bond acceptors (Lipinski definition) is 7. The molecule has 0 amide bonds. The SMILES string of the molecule is Cc1ccc(NS(=O)(=O)Cc2ccccc2)c(=O)n1CCCNc1ncnc2[nH]cnc12.